The summed E-state index contributed by atoms with van der Waals surface area (Å²) in [6.07, 6.45) is 9.92. The van der Waals surface area contributed by atoms with E-state index in [4.69, 9.17) is 4.74 Å². The van der Waals surface area contributed by atoms with Crippen molar-refractivity contribution in [2.75, 3.05) is 23.2 Å². The second kappa shape index (κ2) is 10.0. The van der Waals surface area contributed by atoms with Crippen LogP contribution in [0.1, 0.15) is 73.9 Å². The van der Waals surface area contributed by atoms with E-state index >= 15 is 0 Å². The van der Waals surface area contributed by atoms with E-state index in [0.717, 1.165) is 24.2 Å². The van der Waals surface area contributed by atoms with Crippen molar-refractivity contribution in [1.82, 2.24) is 0 Å². The summed E-state index contributed by atoms with van der Waals surface area (Å²) in [7, 11) is -3.76. The van der Waals surface area contributed by atoms with E-state index in [9.17, 15) is 13.2 Å². The van der Waals surface area contributed by atoms with Gasteiger partial charge in [0.2, 0.25) is 0 Å². The number of carbonyl (C=O) groups is 1. The van der Waals surface area contributed by atoms with Gasteiger partial charge in [0.15, 0.2) is 5.78 Å². The largest absolute Gasteiger partial charge is 0.384 e. The molecule has 2 aromatic carbocycles. The molecule has 2 aliphatic heterocycles. The minimum absolute atomic E-state index is 0.0533. The van der Waals surface area contributed by atoms with Crippen LogP contribution in [0.3, 0.4) is 0 Å². The van der Waals surface area contributed by atoms with Gasteiger partial charge in [-0.25, -0.2) is 8.42 Å². The monoisotopic (exact) mass is 456 g/mol. The zero-order valence-corrected chi connectivity index (χ0v) is 19.4. The van der Waals surface area contributed by atoms with Gasteiger partial charge in [-0.05, 0) is 43.7 Å². The standard InChI is InChI=1S/C19H20N2O4S.C6H12/c1-12(22)13-3-2-4-15(9-13)21-26(23,24)16-5-6-18-17(10-16)19-14(11-20-18)7-8-25-19;1-2-4-6-5-3-1/h2-6,9-10,14,19-21H,7-8,11H2,1H3;1-6H2/t14-,19?;/m0./s1. The molecular weight excluding hydrogens is 424 g/mol. The highest BCUT2D eigenvalue weighted by Crippen LogP contribution is 2.42. The van der Waals surface area contributed by atoms with Crippen molar-refractivity contribution in [2.24, 2.45) is 5.92 Å². The molecule has 0 aromatic heterocycles. The number of benzene rings is 2. The predicted molar refractivity (Wildman–Crippen MR) is 127 cm³/mol. The molecule has 0 amide bonds. The lowest BCUT2D eigenvalue weighted by molar-refractivity contribution is 0.0910. The maximum atomic E-state index is 12.8. The Morgan fingerprint density at radius 3 is 2.44 bits per heavy atom. The van der Waals surface area contributed by atoms with Crippen LogP contribution in [0.5, 0.6) is 0 Å². The number of ether oxygens (including phenoxy) is 1. The lowest BCUT2D eigenvalue weighted by Crippen LogP contribution is -2.25. The molecule has 172 valence electrons. The number of hydrogen-bond acceptors (Lipinski definition) is 5. The van der Waals surface area contributed by atoms with Crippen LogP contribution in [0.2, 0.25) is 0 Å². The lowest BCUT2D eigenvalue weighted by Gasteiger charge is -2.28. The van der Waals surface area contributed by atoms with E-state index in [1.807, 2.05) is 0 Å². The van der Waals surface area contributed by atoms with Crippen molar-refractivity contribution in [3.63, 3.8) is 0 Å². The average molecular weight is 457 g/mol. The molecule has 7 heteroatoms. The van der Waals surface area contributed by atoms with Crippen molar-refractivity contribution in [3.8, 4) is 0 Å². The molecule has 0 bridgehead atoms. The molecule has 6 nitrogen and oxygen atoms in total. The first-order valence-corrected chi connectivity index (χ1v) is 13.1. The SMILES string of the molecule is C1CCCCC1.CC(=O)c1cccc(NS(=O)(=O)c2ccc3c(c2)C2OCC[C@H]2CN3)c1. The van der Waals surface area contributed by atoms with Gasteiger partial charge in [-0.15, -0.1) is 0 Å². The van der Waals surface area contributed by atoms with Gasteiger partial charge in [-0.3, -0.25) is 9.52 Å². The maximum absolute atomic E-state index is 12.8. The topological polar surface area (TPSA) is 84.5 Å². The lowest BCUT2D eigenvalue weighted by atomic mass is 9.91. The minimum Gasteiger partial charge on any atom is -0.384 e. The van der Waals surface area contributed by atoms with E-state index in [2.05, 4.69) is 10.0 Å². The molecule has 1 saturated carbocycles. The predicted octanol–water partition coefficient (Wildman–Crippen LogP) is 5.53. The highest BCUT2D eigenvalue weighted by Gasteiger charge is 2.35. The summed E-state index contributed by atoms with van der Waals surface area (Å²) in [5.74, 6) is 0.260. The molecule has 1 saturated heterocycles. The summed E-state index contributed by atoms with van der Waals surface area (Å²) in [5, 5.41) is 3.35. The Morgan fingerprint density at radius 1 is 1.03 bits per heavy atom. The third kappa shape index (κ3) is 5.33. The van der Waals surface area contributed by atoms with Crippen molar-refractivity contribution in [1.29, 1.82) is 0 Å². The van der Waals surface area contributed by atoms with Crippen LogP contribution in [0, 0.1) is 5.92 Å². The Bertz CT molecular complexity index is 1050. The molecule has 2 N–H and O–H groups in total. The average Bonchev–Trinajstić information content (AvgIpc) is 3.30. The number of ketones is 1. The third-order valence-corrected chi connectivity index (χ3v) is 7.81. The minimum atomic E-state index is -3.76. The molecule has 5 rings (SSSR count). The summed E-state index contributed by atoms with van der Waals surface area (Å²) in [6.45, 7) is 2.99. The molecule has 1 aliphatic carbocycles. The second-order valence-corrected chi connectivity index (χ2v) is 10.5. The van der Waals surface area contributed by atoms with Crippen LogP contribution in [-0.4, -0.2) is 27.4 Å². The first kappa shape index (κ1) is 22.8. The zero-order chi connectivity index (χ0) is 22.6. The molecule has 1 unspecified atom stereocenters. The third-order valence-electron chi connectivity index (χ3n) is 6.43. The molecule has 0 spiro atoms. The molecule has 2 heterocycles. The Hall–Kier alpha value is -2.38. The van der Waals surface area contributed by atoms with E-state index in [1.165, 1.54) is 51.5 Å². The van der Waals surface area contributed by atoms with Gasteiger partial charge in [0.1, 0.15) is 0 Å². The smallest absolute Gasteiger partial charge is 0.261 e. The van der Waals surface area contributed by atoms with Gasteiger partial charge in [-0.1, -0.05) is 50.7 Å². The molecule has 3 aliphatic rings. The molecule has 0 radical (unpaired) electrons. The fourth-order valence-corrected chi connectivity index (χ4v) is 5.69. The fourth-order valence-electron chi connectivity index (χ4n) is 4.61. The molecule has 32 heavy (non-hydrogen) atoms. The summed E-state index contributed by atoms with van der Waals surface area (Å²) in [4.78, 5) is 11.7. The van der Waals surface area contributed by atoms with Crippen LogP contribution < -0.4 is 10.0 Å². The molecular formula is C25H32N2O4S. The zero-order valence-electron chi connectivity index (χ0n) is 18.6. The van der Waals surface area contributed by atoms with Crippen molar-refractivity contribution >= 4 is 27.2 Å². The van der Waals surface area contributed by atoms with E-state index in [1.54, 1.807) is 36.4 Å². The van der Waals surface area contributed by atoms with Crippen molar-refractivity contribution in [2.45, 2.75) is 62.9 Å². The number of fused-ring (bicyclic) bond motifs is 3. The number of Topliss-reactive ketones (excluding diaryl/α,β-unsaturated/α-hetero) is 1. The number of nitrogens with one attached hydrogen (secondary N) is 2. The first-order valence-electron chi connectivity index (χ1n) is 11.6. The number of hydrogen-bond donors (Lipinski definition) is 2. The first-order chi connectivity index (χ1) is 15.4. The fraction of sp³-hybridized carbons (Fsp3) is 0.480. The van der Waals surface area contributed by atoms with Crippen LogP contribution in [0.4, 0.5) is 11.4 Å². The van der Waals surface area contributed by atoms with E-state index < -0.39 is 10.0 Å². The van der Waals surface area contributed by atoms with Crippen LogP contribution >= 0.6 is 0 Å². The number of rotatable bonds is 4. The van der Waals surface area contributed by atoms with Crippen LogP contribution in [0.25, 0.3) is 0 Å². The van der Waals surface area contributed by atoms with Gasteiger partial charge in [0.25, 0.3) is 10.0 Å². The number of carbonyl (C=O) groups excluding carboxylic acids is 1. The van der Waals surface area contributed by atoms with E-state index in [0.29, 0.717) is 23.8 Å². The summed E-state index contributed by atoms with van der Waals surface area (Å²) in [6, 6.07) is 11.5. The van der Waals surface area contributed by atoms with Crippen molar-refractivity contribution < 1.29 is 17.9 Å². The molecule has 2 fully saturated rings. The highest BCUT2D eigenvalue weighted by molar-refractivity contribution is 7.92. The quantitative estimate of drug-likeness (QED) is 0.591. The summed E-state index contributed by atoms with van der Waals surface area (Å²) < 4.78 is 34.0. The Kier molecular flexibility index (Phi) is 7.16. The Balaban J connectivity index is 0.000000354. The maximum Gasteiger partial charge on any atom is 0.261 e. The summed E-state index contributed by atoms with van der Waals surface area (Å²) in [5.41, 5.74) is 2.63. The second-order valence-electron chi connectivity index (χ2n) is 8.83. The van der Waals surface area contributed by atoms with Crippen LogP contribution in [-0.2, 0) is 14.8 Å². The highest BCUT2D eigenvalue weighted by atomic mass is 32.2. The van der Waals surface area contributed by atoms with Gasteiger partial charge in [-0.2, -0.15) is 0 Å². The van der Waals surface area contributed by atoms with E-state index in [-0.39, 0.29) is 16.8 Å². The Morgan fingerprint density at radius 2 is 1.75 bits per heavy atom. The summed E-state index contributed by atoms with van der Waals surface area (Å²) >= 11 is 0. The van der Waals surface area contributed by atoms with Gasteiger partial charge in [0.05, 0.1) is 11.0 Å². The number of anilines is 2. The number of sulfonamides is 1. The molecule has 2 aromatic rings. The van der Waals surface area contributed by atoms with Crippen molar-refractivity contribution in [3.05, 3.63) is 53.6 Å². The van der Waals surface area contributed by atoms with Gasteiger partial charge >= 0.3 is 0 Å². The van der Waals surface area contributed by atoms with Gasteiger partial charge in [0, 0.05) is 41.6 Å². The van der Waals surface area contributed by atoms with Crippen LogP contribution in [0.15, 0.2) is 47.4 Å². The Labute approximate surface area is 190 Å². The molecule has 2 atom stereocenters. The van der Waals surface area contributed by atoms with Gasteiger partial charge < -0.3 is 10.1 Å². The normalized spacial score (nSPS) is 21.9.